The molecule has 0 spiro atoms. The highest BCUT2D eigenvalue weighted by Gasteiger charge is 2.12. The highest BCUT2D eigenvalue weighted by Crippen LogP contribution is 2.21. The van der Waals surface area contributed by atoms with Gasteiger partial charge in [-0.05, 0) is 24.3 Å². The summed E-state index contributed by atoms with van der Waals surface area (Å²) in [6.45, 7) is 0. The summed E-state index contributed by atoms with van der Waals surface area (Å²) in [7, 11) is 1.42. The number of hydrogen-bond donors (Lipinski definition) is 1. The third-order valence-electron chi connectivity index (χ3n) is 2.73. The van der Waals surface area contributed by atoms with Gasteiger partial charge < -0.3 is 9.67 Å². The summed E-state index contributed by atoms with van der Waals surface area (Å²) in [6.07, 6.45) is 0. The van der Waals surface area contributed by atoms with Crippen molar-refractivity contribution in [3.05, 3.63) is 57.9 Å². The van der Waals surface area contributed by atoms with Gasteiger partial charge in [0.15, 0.2) is 11.6 Å². The first-order valence-electron chi connectivity index (χ1n) is 5.30. The van der Waals surface area contributed by atoms with Crippen LogP contribution in [0.5, 0.6) is 0 Å². The molecule has 2 rings (SSSR count). The van der Waals surface area contributed by atoms with Crippen LogP contribution in [0.3, 0.4) is 0 Å². The van der Waals surface area contributed by atoms with E-state index in [1.807, 2.05) is 0 Å². The maximum Gasteiger partial charge on any atom is 0.335 e. The number of benzene rings is 1. The Labute approximate surface area is 106 Å². The van der Waals surface area contributed by atoms with Crippen molar-refractivity contribution in [3.8, 4) is 11.3 Å². The van der Waals surface area contributed by atoms with Crippen LogP contribution in [0.1, 0.15) is 10.4 Å². The molecule has 2 aromatic rings. The molecule has 1 heterocycles. The van der Waals surface area contributed by atoms with Crippen LogP contribution in [-0.2, 0) is 7.05 Å². The Balaban J connectivity index is 2.70. The van der Waals surface area contributed by atoms with Gasteiger partial charge in [0, 0.05) is 18.7 Å². The molecule has 0 radical (unpaired) electrons. The van der Waals surface area contributed by atoms with Gasteiger partial charge >= 0.3 is 5.97 Å². The van der Waals surface area contributed by atoms with E-state index in [1.54, 1.807) is 0 Å². The van der Waals surface area contributed by atoms with Crippen LogP contribution < -0.4 is 5.56 Å². The third kappa shape index (κ3) is 2.37. The lowest BCUT2D eigenvalue weighted by Crippen LogP contribution is -2.19. The monoisotopic (exact) mass is 265 g/mol. The fourth-order valence-electron chi connectivity index (χ4n) is 1.69. The summed E-state index contributed by atoms with van der Waals surface area (Å²) in [4.78, 5) is 22.5. The minimum Gasteiger partial charge on any atom is -0.478 e. The Kier molecular flexibility index (Phi) is 3.16. The summed E-state index contributed by atoms with van der Waals surface area (Å²) >= 11 is 0. The predicted molar refractivity (Wildman–Crippen MR) is 64.0 cm³/mol. The van der Waals surface area contributed by atoms with Crippen LogP contribution >= 0.6 is 0 Å². The summed E-state index contributed by atoms with van der Waals surface area (Å²) < 4.78 is 27.2. The number of halogens is 2. The standard InChI is InChI=1S/C13H9F2NO3/c1-16-11(5-8(13(18)19)6-12(16)17)7-2-3-9(14)10(15)4-7/h2-6H,1H3,(H,18,19). The van der Waals surface area contributed by atoms with E-state index in [4.69, 9.17) is 5.11 Å². The molecule has 0 aliphatic rings. The molecule has 1 aromatic carbocycles. The van der Waals surface area contributed by atoms with Crippen LogP contribution in [0.25, 0.3) is 11.3 Å². The zero-order chi connectivity index (χ0) is 14.2. The third-order valence-corrected chi connectivity index (χ3v) is 2.73. The molecule has 0 atom stereocenters. The van der Waals surface area contributed by atoms with E-state index in [1.165, 1.54) is 23.7 Å². The highest BCUT2D eigenvalue weighted by atomic mass is 19.2. The molecule has 1 aromatic heterocycles. The molecular weight excluding hydrogens is 256 g/mol. The van der Waals surface area contributed by atoms with E-state index < -0.39 is 23.2 Å². The first-order chi connectivity index (χ1) is 8.90. The Bertz CT molecular complexity index is 722. The van der Waals surface area contributed by atoms with Crippen molar-refractivity contribution < 1.29 is 18.7 Å². The van der Waals surface area contributed by atoms with Gasteiger partial charge in [0.1, 0.15) is 0 Å². The summed E-state index contributed by atoms with van der Waals surface area (Å²) in [5.74, 6) is -3.34. The molecule has 0 fully saturated rings. The van der Waals surface area contributed by atoms with Crippen LogP contribution in [0.2, 0.25) is 0 Å². The second-order valence-corrected chi connectivity index (χ2v) is 3.96. The van der Waals surface area contributed by atoms with Gasteiger partial charge in [-0.15, -0.1) is 0 Å². The fraction of sp³-hybridized carbons (Fsp3) is 0.0769. The number of carboxylic acids is 1. The first kappa shape index (κ1) is 12.9. The van der Waals surface area contributed by atoms with Crippen molar-refractivity contribution in [1.82, 2.24) is 4.57 Å². The van der Waals surface area contributed by atoms with E-state index in [9.17, 15) is 18.4 Å². The van der Waals surface area contributed by atoms with E-state index in [0.717, 1.165) is 18.2 Å². The molecule has 98 valence electrons. The number of carboxylic acid groups (broad SMARTS) is 1. The van der Waals surface area contributed by atoms with Crippen molar-refractivity contribution in [3.63, 3.8) is 0 Å². The smallest absolute Gasteiger partial charge is 0.335 e. The molecule has 0 amide bonds. The number of aromatic carboxylic acids is 1. The zero-order valence-electron chi connectivity index (χ0n) is 9.85. The van der Waals surface area contributed by atoms with Crippen molar-refractivity contribution in [2.75, 3.05) is 0 Å². The largest absolute Gasteiger partial charge is 0.478 e. The van der Waals surface area contributed by atoms with Gasteiger partial charge in [-0.3, -0.25) is 4.79 Å². The highest BCUT2D eigenvalue weighted by molar-refractivity contribution is 5.88. The first-order valence-corrected chi connectivity index (χ1v) is 5.30. The van der Waals surface area contributed by atoms with Crippen LogP contribution in [0.15, 0.2) is 35.1 Å². The predicted octanol–water partition coefficient (Wildman–Crippen LogP) is 2.03. The summed E-state index contributed by atoms with van der Waals surface area (Å²) in [6, 6.07) is 5.30. The van der Waals surface area contributed by atoms with Crippen LogP contribution in [-0.4, -0.2) is 15.6 Å². The molecule has 0 bridgehead atoms. The fourth-order valence-corrected chi connectivity index (χ4v) is 1.69. The Hall–Kier alpha value is -2.50. The van der Waals surface area contributed by atoms with Crippen LogP contribution in [0.4, 0.5) is 8.78 Å². The SMILES string of the molecule is Cn1c(-c2ccc(F)c(F)c2)cc(C(=O)O)cc1=O. The van der Waals surface area contributed by atoms with Crippen LogP contribution in [0, 0.1) is 11.6 Å². The molecule has 0 aliphatic heterocycles. The average molecular weight is 265 g/mol. The quantitative estimate of drug-likeness (QED) is 0.903. The molecule has 6 heteroatoms. The Morgan fingerprint density at radius 3 is 2.42 bits per heavy atom. The zero-order valence-corrected chi connectivity index (χ0v) is 9.85. The Morgan fingerprint density at radius 1 is 1.16 bits per heavy atom. The minimum absolute atomic E-state index is 0.198. The topological polar surface area (TPSA) is 59.3 Å². The lowest BCUT2D eigenvalue weighted by molar-refractivity contribution is 0.0696. The van der Waals surface area contributed by atoms with Crippen molar-refractivity contribution in [1.29, 1.82) is 0 Å². The normalized spacial score (nSPS) is 10.5. The van der Waals surface area contributed by atoms with Gasteiger partial charge in [-0.1, -0.05) is 0 Å². The molecule has 4 nitrogen and oxygen atoms in total. The number of hydrogen-bond acceptors (Lipinski definition) is 2. The average Bonchev–Trinajstić information content (AvgIpc) is 2.35. The molecule has 0 aliphatic carbocycles. The molecule has 0 saturated carbocycles. The number of nitrogens with zero attached hydrogens (tertiary/aromatic N) is 1. The number of carbonyl (C=O) groups is 1. The van der Waals surface area contributed by atoms with Crippen molar-refractivity contribution >= 4 is 5.97 Å². The number of aromatic nitrogens is 1. The molecule has 1 N–H and O–H groups in total. The van der Waals surface area contributed by atoms with Gasteiger partial charge in [-0.25, -0.2) is 13.6 Å². The van der Waals surface area contributed by atoms with Gasteiger partial charge in [-0.2, -0.15) is 0 Å². The Morgan fingerprint density at radius 2 is 1.84 bits per heavy atom. The van der Waals surface area contributed by atoms with E-state index in [-0.39, 0.29) is 16.8 Å². The number of rotatable bonds is 2. The van der Waals surface area contributed by atoms with Gasteiger partial charge in [0.25, 0.3) is 5.56 Å². The van der Waals surface area contributed by atoms with Gasteiger partial charge in [0.05, 0.1) is 11.3 Å². The van der Waals surface area contributed by atoms with Gasteiger partial charge in [0.2, 0.25) is 0 Å². The van der Waals surface area contributed by atoms with E-state index in [0.29, 0.717) is 0 Å². The maximum atomic E-state index is 13.2. The summed E-state index contributed by atoms with van der Waals surface area (Å²) in [5, 5.41) is 8.89. The molecule has 0 unspecified atom stereocenters. The van der Waals surface area contributed by atoms with Crippen molar-refractivity contribution in [2.24, 2.45) is 7.05 Å². The van der Waals surface area contributed by atoms with E-state index in [2.05, 4.69) is 0 Å². The molecule has 19 heavy (non-hydrogen) atoms. The molecular formula is C13H9F2NO3. The summed E-state index contributed by atoms with van der Waals surface area (Å²) in [5.41, 5.74) is -0.326. The second-order valence-electron chi connectivity index (χ2n) is 3.96. The molecule has 0 saturated heterocycles. The van der Waals surface area contributed by atoms with Crippen molar-refractivity contribution in [2.45, 2.75) is 0 Å². The lowest BCUT2D eigenvalue weighted by Gasteiger charge is -2.09. The maximum absolute atomic E-state index is 13.2. The number of pyridine rings is 1. The lowest BCUT2D eigenvalue weighted by atomic mass is 10.1. The minimum atomic E-state index is -1.26. The van der Waals surface area contributed by atoms with E-state index >= 15 is 0 Å². The second kappa shape index (κ2) is 4.64.